The van der Waals surface area contributed by atoms with Crippen LogP contribution in [0.2, 0.25) is 0 Å². The molecule has 0 aromatic heterocycles. The van der Waals surface area contributed by atoms with Crippen LogP contribution >= 0.6 is 0 Å². The zero-order chi connectivity index (χ0) is 57.8. The third-order valence-corrected chi connectivity index (χ3v) is 14.5. The van der Waals surface area contributed by atoms with E-state index in [1.54, 1.807) is 0 Å². The molecule has 1 atom stereocenters. The van der Waals surface area contributed by atoms with Gasteiger partial charge < -0.3 is 14.2 Å². The summed E-state index contributed by atoms with van der Waals surface area (Å²) in [5, 5.41) is 0. The maximum absolute atomic E-state index is 12.9. The molecule has 0 N–H and O–H groups in total. The van der Waals surface area contributed by atoms with Crippen molar-refractivity contribution in [2.45, 2.75) is 329 Å². The molecule has 0 aliphatic heterocycles. The topological polar surface area (TPSA) is 78.9 Å². The van der Waals surface area contributed by atoms with E-state index in [9.17, 15) is 14.4 Å². The molecule has 0 aliphatic carbocycles. The van der Waals surface area contributed by atoms with Gasteiger partial charge in [-0.05, 0) is 128 Å². The lowest BCUT2D eigenvalue weighted by Gasteiger charge is -2.18. The second-order valence-corrected chi connectivity index (χ2v) is 22.3. The Hall–Kier alpha value is -3.93. The minimum Gasteiger partial charge on any atom is -0.462 e. The highest BCUT2D eigenvalue weighted by Gasteiger charge is 2.19. The van der Waals surface area contributed by atoms with Crippen molar-refractivity contribution in [3.8, 4) is 0 Å². The van der Waals surface area contributed by atoms with Crippen LogP contribution in [0.4, 0.5) is 0 Å². The Morgan fingerprint density at radius 1 is 0.263 bits per heavy atom. The monoisotopic (exact) mass is 1110 g/mol. The molecule has 0 radical (unpaired) electrons. The maximum atomic E-state index is 12.9. The van der Waals surface area contributed by atoms with Crippen LogP contribution in [0.25, 0.3) is 0 Å². The molecule has 1 unspecified atom stereocenters. The van der Waals surface area contributed by atoms with Crippen molar-refractivity contribution in [2.24, 2.45) is 0 Å². The Morgan fingerprint density at radius 2 is 0.487 bits per heavy atom. The van der Waals surface area contributed by atoms with Crippen LogP contribution in [0, 0.1) is 0 Å². The Morgan fingerprint density at radius 3 is 0.775 bits per heavy atom. The number of allylic oxidation sites excluding steroid dienone is 18. The summed E-state index contributed by atoms with van der Waals surface area (Å²) in [7, 11) is 0. The van der Waals surface area contributed by atoms with E-state index in [1.165, 1.54) is 148 Å². The summed E-state index contributed by atoms with van der Waals surface area (Å²) >= 11 is 0. The molecule has 6 heteroatoms. The fourth-order valence-corrected chi connectivity index (χ4v) is 9.41. The van der Waals surface area contributed by atoms with Gasteiger partial charge in [-0.1, -0.05) is 284 Å². The van der Waals surface area contributed by atoms with Gasteiger partial charge in [0.25, 0.3) is 0 Å². The first-order valence-electron chi connectivity index (χ1n) is 33.9. The summed E-state index contributed by atoms with van der Waals surface area (Å²) in [6, 6.07) is 0. The lowest BCUT2D eigenvalue weighted by Crippen LogP contribution is -2.30. The fourth-order valence-electron chi connectivity index (χ4n) is 9.41. The molecule has 0 aromatic rings. The van der Waals surface area contributed by atoms with Crippen LogP contribution in [0.5, 0.6) is 0 Å². The third-order valence-electron chi connectivity index (χ3n) is 14.5. The van der Waals surface area contributed by atoms with E-state index in [1.807, 2.05) is 0 Å². The number of esters is 3. The minimum absolute atomic E-state index is 0.0929. The van der Waals surface area contributed by atoms with Crippen molar-refractivity contribution in [1.82, 2.24) is 0 Å². The third kappa shape index (κ3) is 64.9. The summed E-state index contributed by atoms with van der Waals surface area (Å²) < 4.78 is 16.9. The molecule has 0 bridgehead atoms. The van der Waals surface area contributed by atoms with Crippen molar-refractivity contribution >= 4 is 17.9 Å². The van der Waals surface area contributed by atoms with Gasteiger partial charge in [0.1, 0.15) is 13.2 Å². The largest absolute Gasteiger partial charge is 0.462 e. The number of rotatable bonds is 61. The molecule has 6 nitrogen and oxygen atoms in total. The van der Waals surface area contributed by atoms with Gasteiger partial charge in [-0.15, -0.1) is 0 Å². The average molecular weight is 1110 g/mol. The Labute approximate surface area is 495 Å². The Bertz CT molecular complexity index is 1610. The van der Waals surface area contributed by atoms with Crippen molar-refractivity contribution in [2.75, 3.05) is 13.2 Å². The van der Waals surface area contributed by atoms with Gasteiger partial charge in [0.15, 0.2) is 6.10 Å². The molecule has 0 spiro atoms. The zero-order valence-corrected chi connectivity index (χ0v) is 52.6. The lowest BCUT2D eigenvalue weighted by atomic mass is 10.0. The van der Waals surface area contributed by atoms with Crippen molar-refractivity contribution < 1.29 is 28.6 Å². The van der Waals surface area contributed by atoms with Crippen molar-refractivity contribution in [1.29, 1.82) is 0 Å². The predicted molar refractivity (Wildman–Crippen MR) is 348 cm³/mol. The van der Waals surface area contributed by atoms with E-state index in [2.05, 4.69) is 130 Å². The fraction of sp³-hybridized carbons (Fsp3) is 0.716. The second kappa shape index (κ2) is 67.6. The van der Waals surface area contributed by atoms with Crippen LogP contribution < -0.4 is 0 Å². The molecule has 0 aliphatic rings. The minimum atomic E-state index is -0.800. The first kappa shape index (κ1) is 76.1. The van der Waals surface area contributed by atoms with E-state index in [0.717, 1.165) is 135 Å². The van der Waals surface area contributed by atoms with Crippen LogP contribution in [0.15, 0.2) is 109 Å². The second-order valence-electron chi connectivity index (χ2n) is 22.3. The van der Waals surface area contributed by atoms with Gasteiger partial charge >= 0.3 is 17.9 Å². The molecule has 0 fully saturated rings. The van der Waals surface area contributed by atoms with E-state index in [4.69, 9.17) is 14.2 Å². The predicted octanol–water partition coefficient (Wildman–Crippen LogP) is 23.4. The number of unbranched alkanes of at least 4 members (excludes halogenated alkanes) is 32. The molecular weight excluding hydrogens is 985 g/mol. The van der Waals surface area contributed by atoms with E-state index in [0.29, 0.717) is 19.3 Å². The molecule has 0 saturated heterocycles. The highest BCUT2D eigenvalue weighted by Crippen LogP contribution is 2.16. The number of hydrogen-bond acceptors (Lipinski definition) is 6. The normalized spacial score (nSPS) is 12.8. The maximum Gasteiger partial charge on any atom is 0.306 e. The van der Waals surface area contributed by atoms with Gasteiger partial charge in [0.05, 0.1) is 0 Å². The first-order chi connectivity index (χ1) is 39.5. The SMILES string of the molecule is CC/C=C\C/C=C\C/C=C\C/C=C\CCCCCCC(=O)OC(COC(=O)CCCCCCC/C=C\C/C=C\CCCCCC)COC(=O)CCCCCCCCCCCCCCCC/C=C\C/C=C\C/C=C\CCCCCCC. The number of carbonyl (C=O) groups excluding carboxylic acids is 3. The molecule has 0 heterocycles. The van der Waals surface area contributed by atoms with Gasteiger partial charge in [-0.3, -0.25) is 14.4 Å². The van der Waals surface area contributed by atoms with E-state index >= 15 is 0 Å². The first-order valence-corrected chi connectivity index (χ1v) is 33.9. The highest BCUT2D eigenvalue weighted by atomic mass is 16.6. The molecule has 458 valence electrons. The Balaban J connectivity index is 4.32. The average Bonchev–Trinajstić information content (AvgIpc) is 3.46. The van der Waals surface area contributed by atoms with Gasteiger partial charge in [-0.2, -0.15) is 0 Å². The lowest BCUT2D eigenvalue weighted by molar-refractivity contribution is -0.167. The van der Waals surface area contributed by atoms with Gasteiger partial charge in [-0.25, -0.2) is 0 Å². The molecular formula is C74H126O6. The number of hydrogen-bond donors (Lipinski definition) is 0. The van der Waals surface area contributed by atoms with Crippen LogP contribution in [0.3, 0.4) is 0 Å². The zero-order valence-electron chi connectivity index (χ0n) is 52.6. The summed E-state index contributed by atoms with van der Waals surface area (Å²) in [4.78, 5) is 38.4. The van der Waals surface area contributed by atoms with Crippen LogP contribution in [0.1, 0.15) is 323 Å². The van der Waals surface area contributed by atoms with E-state index in [-0.39, 0.29) is 31.1 Å². The standard InChI is InChI=1S/C74H126O6/c1-4-7-10-13-16-19-22-25-28-31-32-33-34-35-36-37-38-39-40-41-42-44-46-49-52-55-58-61-64-67-73(76)79-70-71(69-78-72(75)66-63-60-57-54-51-48-45-30-27-24-21-18-15-12-9-6-3)80-74(77)68-65-62-59-56-53-50-47-43-29-26-23-20-17-14-11-8-5-2/h8,11,17,20-22,24-26,29-32,34-35,45,47,50,71H,4-7,9-10,12-16,18-19,23,27-28,33,36-44,46,48-49,51-70H2,1-3H3/b11-8-,20-17-,24-21-,25-22-,29-26-,32-31-,35-34-,45-30-,50-47-. The molecule has 0 aromatic carbocycles. The van der Waals surface area contributed by atoms with Gasteiger partial charge in [0.2, 0.25) is 0 Å². The Kier molecular flexibility index (Phi) is 64.3. The summed E-state index contributed by atoms with van der Waals surface area (Å²) in [6.07, 6.45) is 92.5. The summed E-state index contributed by atoms with van der Waals surface area (Å²) in [5.74, 6) is -0.922. The quantitative estimate of drug-likeness (QED) is 0.0261. The number of carbonyl (C=O) groups is 3. The smallest absolute Gasteiger partial charge is 0.306 e. The molecule has 0 saturated carbocycles. The van der Waals surface area contributed by atoms with Crippen LogP contribution in [-0.4, -0.2) is 37.2 Å². The summed E-state index contributed by atoms with van der Waals surface area (Å²) in [6.45, 7) is 6.49. The molecule has 0 amide bonds. The van der Waals surface area contributed by atoms with E-state index < -0.39 is 6.10 Å². The number of ether oxygens (including phenoxy) is 3. The van der Waals surface area contributed by atoms with Crippen LogP contribution in [-0.2, 0) is 28.6 Å². The van der Waals surface area contributed by atoms with Gasteiger partial charge in [0, 0.05) is 19.3 Å². The van der Waals surface area contributed by atoms with Crippen molar-refractivity contribution in [3.63, 3.8) is 0 Å². The van der Waals surface area contributed by atoms with Crippen molar-refractivity contribution in [3.05, 3.63) is 109 Å². The molecule has 80 heavy (non-hydrogen) atoms. The molecule has 0 rings (SSSR count). The highest BCUT2D eigenvalue weighted by molar-refractivity contribution is 5.71. The summed E-state index contributed by atoms with van der Waals surface area (Å²) in [5.41, 5.74) is 0.